The van der Waals surface area contributed by atoms with Crippen molar-refractivity contribution in [3.8, 4) is 0 Å². The molecule has 3 aromatic rings. The number of nitrogens with zero attached hydrogens (tertiary/aromatic N) is 4. The molecule has 148 valence electrons. The average molecular weight is 379 g/mol. The largest absolute Gasteiger partial charge is 0.439 e. The van der Waals surface area contributed by atoms with Crippen LogP contribution in [0.1, 0.15) is 67.7 Å². The van der Waals surface area contributed by atoms with Gasteiger partial charge in [-0.15, -0.1) is 0 Å². The fourth-order valence-corrected chi connectivity index (χ4v) is 4.27. The van der Waals surface area contributed by atoms with Gasteiger partial charge in [0.2, 0.25) is 0 Å². The molecule has 0 aromatic carbocycles. The first-order valence-electron chi connectivity index (χ1n) is 10.3. The van der Waals surface area contributed by atoms with Gasteiger partial charge in [-0.1, -0.05) is 13.8 Å². The summed E-state index contributed by atoms with van der Waals surface area (Å²) < 4.78 is 5.80. The van der Waals surface area contributed by atoms with Crippen LogP contribution in [0.25, 0.3) is 11.2 Å². The molecule has 5 heteroatoms. The number of rotatable bonds is 5. The zero-order valence-corrected chi connectivity index (χ0v) is 17.6. The Labute approximate surface area is 167 Å². The second-order valence-corrected chi connectivity index (χ2v) is 8.55. The van der Waals surface area contributed by atoms with Gasteiger partial charge in [-0.05, 0) is 75.9 Å². The molecule has 0 N–H and O–H groups in total. The lowest BCUT2D eigenvalue weighted by molar-refractivity contribution is 0.248. The molecule has 1 saturated heterocycles. The fourth-order valence-electron chi connectivity index (χ4n) is 4.27. The Kier molecular flexibility index (Phi) is 5.19. The van der Waals surface area contributed by atoms with E-state index in [-0.39, 0.29) is 12.0 Å². The Hall–Kier alpha value is -2.27. The Balaban J connectivity index is 1.45. The molecule has 0 aliphatic carbocycles. The molecule has 1 aliphatic heterocycles. The number of aromatic nitrogens is 3. The summed E-state index contributed by atoms with van der Waals surface area (Å²) >= 11 is 0. The molecule has 0 spiro atoms. The second kappa shape index (κ2) is 7.63. The van der Waals surface area contributed by atoms with Gasteiger partial charge >= 0.3 is 0 Å². The highest BCUT2D eigenvalue weighted by molar-refractivity contribution is 5.67. The summed E-state index contributed by atoms with van der Waals surface area (Å²) in [6.45, 7) is 12.8. The Bertz CT molecular complexity index is 958. The van der Waals surface area contributed by atoms with E-state index in [2.05, 4.69) is 67.7 Å². The first-order valence-corrected chi connectivity index (χ1v) is 10.3. The zero-order valence-electron chi connectivity index (χ0n) is 17.6. The van der Waals surface area contributed by atoms with E-state index in [1.165, 1.54) is 12.0 Å². The number of oxazole rings is 1. The van der Waals surface area contributed by atoms with Gasteiger partial charge in [-0.25, -0.2) is 4.98 Å². The summed E-state index contributed by atoms with van der Waals surface area (Å²) in [5.74, 6) is 1.72. The van der Waals surface area contributed by atoms with Gasteiger partial charge in [0.1, 0.15) is 0 Å². The summed E-state index contributed by atoms with van der Waals surface area (Å²) in [7, 11) is 0. The summed E-state index contributed by atoms with van der Waals surface area (Å²) in [5, 5.41) is 0. The van der Waals surface area contributed by atoms with Gasteiger partial charge in [0.05, 0.1) is 5.69 Å². The van der Waals surface area contributed by atoms with E-state index in [1.807, 2.05) is 6.07 Å². The SMILES string of the molecule is Cc1cc(C[C@@H]2CCN(C(C)c3ccc4oc(C(C)C)nc4n3)C2)cc(C)n1. The van der Waals surface area contributed by atoms with Crippen molar-refractivity contribution < 1.29 is 4.42 Å². The number of fused-ring (bicyclic) bond motifs is 1. The van der Waals surface area contributed by atoms with Crippen LogP contribution >= 0.6 is 0 Å². The van der Waals surface area contributed by atoms with Gasteiger partial charge in [-0.2, -0.15) is 4.98 Å². The molecule has 3 aromatic heterocycles. The number of hydrogen-bond acceptors (Lipinski definition) is 5. The van der Waals surface area contributed by atoms with Gasteiger partial charge in [-0.3, -0.25) is 9.88 Å². The minimum absolute atomic E-state index is 0.273. The third kappa shape index (κ3) is 3.95. The molecule has 4 heterocycles. The lowest BCUT2D eigenvalue weighted by Crippen LogP contribution is -2.25. The van der Waals surface area contributed by atoms with Crippen molar-refractivity contribution in [3.05, 3.63) is 52.8 Å². The molecule has 0 bridgehead atoms. The van der Waals surface area contributed by atoms with Crippen LogP contribution < -0.4 is 0 Å². The van der Waals surface area contributed by atoms with E-state index in [0.29, 0.717) is 5.92 Å². The number of pyridine rings is 2. The van der Waals surface area contributed by atoms with Crippen molar-refractivity contribution in [1.82, 2.24) is 19.9 Å². The fraction of sp³-hybridized carbons (Fsp3) is 0.522. The van der Waals surface area contributed by atoms with Gasteiger partial charge in [0.25, 0.3) is 0 Å². The lowest BCUT2D eigenvalue weighted by atomic mass is 9.98. The molecule has 0 saturated carbocycles. The summed E-state index contributed by atoms with van der Waals surface area (Å²) in [6.07, 6.45) is 2.36. The highest BCUT2D eigenvalue weighted by atomic mass is 16.3. The van der Waals surface area contributed by atoms with E-state index in [9.17, 15) is 0 Å². The smallest absolute Gasteiger partial charge is 0.199 e. The Morgan fingerprint density at radius 1 is 1.07 bits per heavy atom. The van der Waals surface area contributed by atoms with Crippen LogP contribution in [0.5, 0.6) is 0 Å². The van der Waals surface area contributed by atoms with Crippen LogP contribution in [-0.4, -0.2) is 32.9 Å². The zero-order chi connectivity index (χ0) is 19.8. The molecule has 2 atom stereocenters. The molecule has 28 heavy (non-hydrogen) atoms. The van der Waals surface area contributed by atoms with Crippen molar-refractivity contribution >= 4 is 11.2 Å². The molecule has 0 amide bonds. The molecule has 0 radical (unpaired) electrons. The van der Waals surface area contributed by atoms with E-state index in [4.69, 9.17) is 9.40 Å². The van der Waals surface area contributed by atoms with E-state index in [1.54, 1.807) is 0 Å². The molecule has 4 rings (SSSR count). The predicted molar refractivity (Wildman–Crippen MR) is 111 cm³/mol. The first-order chi connectivity index (χ1) is 13.4. The summed E-state index contributed by atoms with van der Waals surface area (Å²) in [6, 6.07) is 8.85. The van der Waals surface area contributed by atoms with Crippen LogP contribution in [0, 0.1) is 19.8 Å². The Morgan fingerprint density at radius 3 is 2.54 bits per heavy atom. The maximum absolute atomic E-state index is 5.80. The second-order valence-electron chi connectivity index (χ2n) is 8.55. The van der Waals surface area contributed by atoms with Gasteiger partial charge < -0.3 is 4.42 Å². The monoisotopic (exact) mass is 378 g/mol. The van der Waals surface area contributed by atoms with Crippen LogP contribution in [0.3, 0.4) is 0 Å². The summed E-state index contributed by atoms with van der Waals surface area (Å²) in [5.41, 5.74) is 6.22. The molecule has 5 nitrogen and oxygen atoms in total. The van der Waals surface area contributed by atoms with Crippen molar-refractivity contribution in [2.75, 3.05) is 13.1 Å². The van der Waals surface area contributed by atoms with Crippen molar-refractivity contribution in [2.24, 2.45) is 5.92 Å². The van der Waals surface area contributed by atoms with Crippen molar-refractivity contribution in [1.29, 1.82) is 0 Å². The standard InChI is InChI=1S/C23H30N4O/c1-14(2)23-26-22-21(28-23)7-6-20(25-22)17(5)27-9-8-18(13-27)12-19-10-15(3)24-16(4)11-19/h6-7,10-11,14,17-18H,8-9,12-13H2,1-5H3/t17?,18-/m0/s1. The van der Waals surface area contributed by atoms with Gasteiger partial charge in [0.15, 0.2) is 17.1 Å². The van der Waals surface area contributed by atoms with E-state index < -0.39 is 0 Å². The minimum atomic E-state index is 0.273. The molecule has 1 unspecified atom stereocenters. The highest BCUT2D eigenvalue weighted by Gasteiger charge is 2.28. The lowest BCUT2D eigenvalue weighted by Gasteiger charge is -2.24. The molecule has 1 fully saturated rings. The molecular weight excluding hydrogens is 348 g/mol. The predicted octanol–water partition coefficient (Wildman–Crippen LogP) is 4.98. The van der Waals surface area contributed by atoms with Crippen molar-refractivity contribution in [2.45, 2.75) is 59.4 Å². The minimum Gasteiger partial charge on any atom is -0.439 e. The van der Waals surface area contributed by atoms with E-state index in [0.717, 1.165) is 53.7 Å². The van der Waals surface area contributed by atoms with Crippen LogP contribution in [0.15, 0.2) is 28.7 Å². The number of hydrogen-bond donors (Lipinski definition) is 0. The van der Waals surface area contributed by atoms with Crippen LogP contribution in [0.2, 0.25) is 0 Å². The highest BCUT2D eigenvalue weighted by Crippen LogP contribution is 2.30. The summed E-state index contributed by atoms with van der Waals surface area (Å²) in [4.78, 5) is 16.4. The molecule has 1 aliphatic rings. The quantitative estimate of drug-likeness (QED) is 0.626. The van der Waals surface area contributed by atoms with Gasteiger partial charge in [0, 0.05) is 29.9 Å². The number of aryl methyl sites for hydroxylation is 2. The molecular formula is C23H30N4O. The third-order valence-electron chi connectivity index (χ3n) is 5.74. The van der Waals surface area contributed by atoms with E-state index >= 15 is 0 Å². The number of likely N-dealkylation sites (tertiary alicyclic amines) is 1. The van der Waals surface area contributed by atoms with Crippen LogP contribution in [0.4, 0.5) is 0 Å². The third-order valence-corrected chi connectivity index (χ3v) is 5.74. The normalized spacial score (nSPS) is 19.0. The first kappa shape index (κ1) is 19.1. The maximum atomic E-state index is 5.80. The topological polar surface area (TPSA) is 55.1 Å². The maximum Gasteiger partial charge on any atom is 0.199 e. The Morgan fingerprint density at radius 2 is 1.82 bits per heavy atom. The average Bonchev–Trinajstić information content (AvgIpc) is 3.26. The van der Waals surface area contributed by atoms with Crippen molar-refractivity contribution in [3.63, 3.8) is 0 Å². The van der Waals surface area contributed by atoms with Crippen LogP contribution in [-0.2, 0) is 6.42 Å².